The van der Waals surface area contributed by atoms with E-state index in [0.29, 0.717) is 44.1 Å². The van der Waals surface area contributed by atoms with Gasteiger partial charge in [-0.05, 0) is 17.7 Å². The third kappa shape index (κ3) is 4.68. The highest BCUT2D eigenvalue weighted by Crippen LogP contribution is 2.46. The Morgan fingerprint density at radius 1 is 0.469 bits per heavy atom. The average Bonchev–Trinajstić information content (AvgIpc) is 3.16. The fourth-order valence-corrected chi connectivity index (χ4v) is 6.27. The third-order valence-corrected chi connectivity index (χ3v) is 8.46. The lowest BCUT2D eigenvalue weighted by atomic mass is 9.91. The molecule has 0 radical (unpaired) electrons. The summed E-state index contributed by atoms with van der Waals surface area (Å²) in [6.07, 6.45) is 0. The summed E-state index contributed by atoms with van der Waals surface area (Å²) in [6, 6.07) is 33.5. The number of benzene rings is 6. The fourth-order valence-electron chi connectivity index (χ4n) is 6.27. The second-order valence-corrected chi connectivity index (χ2v) is 11.2. The molecule has 8 rings (SSSR count). The van der Waals surface area contributed by atoms with Gasteiger partial charge in [0.15, 0.2) is 29.0 Å². The van der Waals surface area contributed by atoms with Gasteiger partial charge in [-0.2, -0.15) is 0 Å². The molecule has 0 fully saturated rings. The van der Waals surface area contributed by atoms with Gasteiger partial charge in [-0.15, -0.1) is 0 Å². The van der Waals surface area contributed by atoms with Crippen molar-refractivity contribution in [3.63, 3.8) is 0 Å². The molecule has 0 spiro atoms. The van der Waals surface area contributed by atoms with Crippen LogP contribution in [0.4, 0.5) is 27.6 Å². The van der Waals surface area contributed by atoms with Crippen LogP contribution in [0.2, 0.25) is 0 Å². The Balaban J connectivity index is 1.55. The van der Waals surface area contributed by atoms with Gasteiger partial charge in [0.1, 0.15) is 0 Å². The molecule has 2 aromatic heterocycles. The van der Waals surface area contributed by atoms with Crippen LogP contribution >= 0.6 is 0 Å². The molecule has 0 unspecified atom stereocenters. The van der Waals surface area contributed by atoms with Gasteiger partial charge in [0.2, 0.25) is 5.82 Å². The molecule has 0 bridgehead atoms. The molecule has 8 aromatic rings. The lowest BCUT2D eigenvalue weighted by Gasteiger charge is -2.18. The zero-order valence-electron chi connectivity index (χ0n) is 25.1. The molecular weight excluding hydrogens is 631 g/mol. The van der Waals surface area contributed by atoms with Gasteiger partial charge in [-0.1, -0.05) is 103 Å². The summed E-state index contributed by atoms with van der Waals surface area (Å²) in [5, 5.41) is 1.42. The number of rotatable bonds is 4. The number of hydrogen-bond donors (Lipinski definition) is 0. The Labute approximate surface area is 275 Å². The first kappa shape index (κ1) is 29.8. The van der Waals surface area contributed by atoms with E-state index in [9.17, 15) is 13.2 Å². The number of fused-ring (bicyclic) bond motifs is 5. The van der Waals surface area contributed by atoms with Crippen LogP contribution in [0.5, 0.6) is 0 Å². The molecule has 0 aliphatic heterocycles. The Morgan fingerprint density at radius 3 is 1.61 bits per heavy atom. The van der Waals surface area contributed by atoms with Gasteiger partial charge in [0, 0.05) is 32.8 Å². The van der Waals surface area contributed by atoms with Crippen molar-refractivity contribution in [3.05, 3.63) is 156 Å². The minimum absolute atomic E-state index is 0.0582. The molecule has 0 atom stereocenters. The zero-order chi connectivity index (χ0) is 33.8. The van der Waals surface area contributed by atoms with Gasteiger partial charge in [0.25, 0.3) is 0 Å². The maximum absolute atomic E-state index is 15.3. The summed E-state index contributed by atoms with van der Waals surface area (Å²) in [6.45, 7) is 8.22. The van der Waals surface area contributed by atoms with Crippen LogP contribution in [0, 0.1) is 35.7 Å². The lowest BCUT2D eigenvalue weighted by molar-refractivity contribution is 0.381. The number of halogens is 5. The molecule has 0 aliphatic rings. The van der Waals surface area contributed by atoms with Crippen LogP contribution in [0.1, 0.15) is 0 Å². The molecule has 0 aliphatic carbocycles. The van der Waals surface area contributed by atoms with Gasteiger partial charge < -0.3 is 0 Å². The maximum Gasteiger partial charge on any atom is 0.200 e. The molecule has 0 amide bonds. The van der Waals surface area contributed by atoms with E-state index < -0.39 is 34.6 Å². The van der Waals surface area contributed by atoms with E-state index in [0.717, 1.165) is 11.1 Å². The average molecular weight is 651 g/mol. The van der Waals surface area contributed by atoms with Crippen LogP contribution in [0.15, 0.2) is 115 Å². The normalized spacial score (nSPS) is 11.3. The molecule has 0 saturated heterocycles. The van der Waals surface area contributed by atoms with E-state index >= 15 is 8.78 Å². The number of hydrogen-bond acceptors (Lipinski definition) is 3. The van der Waals surface area contributed by atoms with E-state index in [1.165, 1.54) is 18.2 Å². The van der Waals surface area contributed by atoms with Crippen molar-refractivity contribution in [1.29, 1.82) is 0 Å². The molecule has 49 heavy (non-hydrogen) atoms. The topological polar surface area (TPSA) is 43.0 Å². The number of para-hydroxylation sites is 1. The van der Waals surface area contributed by atoms with Crippen molar-refractivity contribution in [2.75, 3.05) is 0 Å². The molecule has 6 aromatic carbocycles. The molecule has 9 heteroatoms. The molecule has 4 nitrogen and oxygen atoms in total. The summed E-state index contributed by atoms with van der Waals surface area (Å²) in [7, 11) is 0. The number of pyridine rings is 1. The first-order valence-electron chi connectivity index (χ1n) is 15.0. The maximum atomic E-state index is 15.3. The van der Waals surface area contributed by atoms with Crippen LogP contribution in [0.25, 0.3) is 82.5 Å². The highest BCUT2D eigenvalue weighted by molar-refractivity contribution is 6.25. The van der Waals surface area contributed by atoms with Gasteiger partial charge in [-0.3, -0.25) is 0 Å². The first-order valence-corrected chi connectivity index (χ1v) is 15.0. The van der Waals surface area contributed by atoms with E-state index in [4.69, 9.17) is 21.5 Å². The van der Waals surface area contributed by atoms with Gasteiger partial charge in [-0.25, -0.2) is 41.7 Å². The summed E-state index contributed by atoms with van der Waals surface area (Å²) >= 11 is 0. The molecule has 0 saturated carbocycles. The fraction of sp³-hybridized carbons (Fsp3) is 0. The summed E-state index contributed by atoms with van der Waals surface area (Å²) in [5.74, 6) is -10.3. The minimum Gasteiger partial charge on any atom is -0.248 e. The van der Waals surface area contributed by atoms with E-state index in [1.54, 1.807) is 24.3 Å². The van der Waals surface area contributed by atoms with E-state index in [-0.39, 0.29) is 22.5 Å². The SMILES string of the molecule is [C-]#[N+]c1cc2nc(-c3ccccc3)c(-c3ccccc3)nc2c2c1c(-c1ccccc1-c1c(F)c(F)c(F)c(F)c1F)nc1ccccc12. The van der Waals surface area contributed by atoms with Crippen LogP contribution in [-0.2, 0) is 0 Å². The second kappa shape index (κ2) is 11.6. The molecular formula is C40H19F5N4. The Hall–Kier alpha value is -6.53. The first-order chi connectivity index (χ1) is 23.9. The number of nitrogens with zero attached hydrogens (tertiary/aromatic N) is 4. The van der Waals surface area contributed by atoms with E-state index in [2.05, 4.69) is 4.85 Å². The summed E-state index contributed by atoms with van der Waals surface area (Å²) < 4.78 is 73.6. The highest BCUT2D eigenvalue weighted by atomic mass is 19.2. The van der Waals surface area contributed by atoms with Crippen molar-refractivity contribution in [2.24, 2.45) is 0 Å². The van der Waals surface area contributed by atoms with Crippen molar-refractivity contribution in [1.82, 2.24) is 15.0 Å². The Kier molecular flexibility index (Phi) is 7.07. The summed E-state index contributed by atoms with van der Waals surface area (Å²) in [4.78, 5) is 18.9. The van der Waals surface area contributed by atoms with E-state index in [1.807, 2.05) is 72.8 Å². The van der Waals surface area contributed by atoms with Gasteiger partial charge >= 0.3 is 0 Å². The summed E-state index contributed by atoms with van der Waals surface area (Å²) in [5.41, 5.74) is 3.02. The minimum atomic E-state index is -2.25. The second-order valence-electron chi connectivity index (χ2n) is 11.2. The highest BCUT2D eigenvalue weighted by Gasteiger charge is 2.29. The third-order valence-electron chi connectivity index (χ3n) is 8.46. The predicted octanol–water partition coefficient (Wildman–Crippen LogP) is 11.2. The Morgan fingerprint density at radius 2 is 0.980 bits per heavy atom. The van der Waals surface area contributed by atoms with Gasteiger partial charge in [0.05, 0.1) is 45.8 Å². The van der Waals surface area contributed by atoms with Crippen LogP contribution in [-0.4, -0.2) is 15.0 Å². The van der Waals surface area contributed by atoms with Crippen molar-refractivity contribution in [3.8, 4) is 44.9 Å². The standard InChI is InChI=1S/C40H19F5N4/c1-46-27-20-28-40(49-38(22-14-6-3-7-15-22)37(48-28)21-12-4-2-5-13-21)29-25-18-10-11-19-26(25)47-39(31(27)29)24-17-9-8-16-23(24)30-32(41)34(43)36(45)35(44)33(30)42/h2-20H. The monoisotopic (exact) mass is 650 g/mol. The van der Waals surface area contributed by atoms with Crippen molar-refractivity contribution < 1.29 is 22.0 Å². The Bertz CT molecular complexity index is 2640. The molecule has 2 heterocycles. The molecule has 0 N–H and O–H groups in total. The largest absolute Gasteiger partial charge is 0.248 e. The number of aromatic nitrogens is 3. The van der Waals surface area contributed by atoms with Crippen molar-refractivity contribution in [2.45, 2.75) is 0 Å². The smallest absolute Gasteiger partial charge is 0.200 e. The quantitative estimate of drug-likeness (QED) is 0.0626. The predicted molar refractivity (Wildman–Crippen MR) is 180 cm³/mol. The van der Waals surface area contributed by atoms with Crippen molar-refractivity contribution >= 4 is 38.4 Å². The van der Waals surface area contributed by atoms with Crippen LogP contribution < -0.4 is 0 Å². The zero-order valence-corrected chi connectivity index (χ0v) is 25.1. The lowest BCUT2D eigenvalue weighted by Crippen LogP contribution is -2.05. The van der Waals surface area contributed by atoms with Crippen LogP contribution in [0.3, 0.4) is 0 Å². The molecule has 234 valence electrons.